The molecule has 1 aliphatic heterocycles. The Morgan fingerprint density at radius 1 is 0.635 bits per heavy atom. The predicted octanol–water partition coefficient (Wildman–Crippen LogP) is -7.21. The molecule has 115 heavy (non-hydrogen) atoms. The van der Waals surface area contributed by atoms with Crippen LogP contribution in [0.3, 0.4) is 0 Å². The first kappa shape index (κ1) is 97.2. The van der Waals surface area contributed by atoms with Gasteiger partial charge in [0.1, 0.15) is 72.6 Å². The molecule has 1 aliphatic rings. The van der Waals surface area contributed by atoms with Gasteiger partial charge < -0.3 is 127 Å². The lowest BCUT2D eigenvalue weighted by atomic mass is 9.98. The Morgan fingerprint density at radius 2 is 1.23 bits per heavy atom. The molecule has 3 rings (SSSR count). The number of cyclic esters (lactones) is 1. The Bertz CT molecular complexity index is 3840. The number of aromatic amines is 1. The van der Waals surface area contributed by atoms with E-state index in [1.807, 2.05) is 10.6 Å². The molecule has 0 aliphatic carbocycles. The number of aromatic nitrogens is 1. The SMILES string of the molecule is CCC(C)C1NC(=O)C(CCC(=O)O)NC(=O)C(CC(N)=O)NC(=O)CNC(=O)C(C(OC)C(=O)O)NC(=O)C(CCCCN)NC(=O)C(CC(=O)O)NC(=O)C(C)NC(=O)CN(C)C(=O)C(NC(=O)C(NC(=O)C(CC(N)=O)NC(=O)C(Cc2c[nH]c3ccccc23)NC(=O)CCCCCCC(C)C)C(O)C(N)=O)C(C)OC1=O. The standard InChI is InChI=1S/C71H108N18O26/c1-9-34(4)53-71(113)115-36(6)54(86-68(109)55(57(99)59(75)100)87-66(107)44(28-47(74)91)84-63(104)42(26-37-30-76-39-20-15-14-19-38(37)39)79-48(92)22-13-11-10-12-18-33(2)3)69(110)89(7)32-50(94)78-35(5)60(101)83-45(29-52(97)98)65(106)81-40(21-16-17-25-72)61(102)88-56(58(114-8)70(111)112)67(108)77-31-49(93)80-43(27-46(73)90)64(105)82-41(62(103)85-53)23-24-51(95)96/h14-15,19-20,30,33-36,40-45,53-58,76,99H,9-13,16-18,21-29,31-32,72H2,1-8H3,(H2,73,90)(H2,74,91)(H2,75,100)(H,77,108)(H,78,94)(H,79,92)(H,80,93)(H,81,106)(H,82,105)(H,83,101)(H,84,104)(H,85,103)(H,86,109)(H,87,107)(H,88,102)(H,95,96)(H,97,98)(H,111,112). The number of unbranched alkanes of at least 4 members (excludes halogenated alkanes) is 4. The first-order chi connectivity index (χ1) is 54.0. The van der Waals surface area contributed by atoms with E-state index >= 15 is 0 Å². The van der Waals surface area contributed by atoms with Crippen molar-refractivity contribution < 1.29 is 126 Å². The first-order valence-electron chi connectivity index (χ1n) is 37.1. The summed E-state index contributed by atoms with van der Waals surface area (Å²) in [5.74, 6) is -28.9. The lowest BCUT2D eigenvalue weighted by molar-refractivity contribution is -0.159. The van der Waals surface area contributed by atoms with Gasteiger partial charge in [0.05, 0.1) is 32.4 Å². The summed E-state index contributed by atoms with van der Waals surface area (Å²) in [4.78, 5) is 277. The van der Waals surface area contributed by atoms with Crippen LogP contribution in [0.1, 0.15) is 143 Å². The van der Waals surface area contributed by atoms with Crippen LogP contribution in [0.5, 0.6) is 0 Å². The maximum absolute atomic E-state index is 15.0. The molecule has 0 radical (unpaired) electrons. The van der Waals surface area contributed by atoms with Crippen molar-refractivity contribution in [2.75, 3.05) is 33.8 Å². The van der Waals surface area contributed by atoms with Gasteiger partial charge in [-0.15, -0.1) is 0 Å². The summed E-state index contributed by atoms with van der Waals surface area (Å²) in [5, 5.41) is 68.0. The summed E-state index contributed by atoms with van der Waals surface area (Å²) < 4.78 is 10.7. The second-order valence-electron chi connectivity index (χ2n) is 28.1. The monoisotopic (exact) mass is 1630 g/mol. The number of hydrogen-bond donors (Lipinski definition) is 21. The number of methoxy groups -OCH3 is 1. The predicted molar refractivity (Wildman–Crippen MR) is 400 cm³/mol. The van der Waals surface area contributed by atoms with Crippen molar-refractivity contribution in [2.24, 2.45) is 34.8 Å². The number of ether oxygens (including phenoxy) is 2. The zero-order valence-corrected chi connectivity index (χ0v) is 65.1. The average Bonchev–Trinajstić information content (AvgIpc) is 1.32. The molecule has 1 aromatic carbocycles. The molecule has 0 bridgehead atoms. The number of nitrogens with zero attached hydrogens (tertiary/aromatic N) is 1. The largest absolute Gasteiger partial charge is 0.481 e. The van der Waals surface area contributed by atoms with E-state index in [1.165, 1.54) is 13.8 Å². The van der Waals surface area contributed by atoms with Gasteiger partial charge in [-0.1, -0.05) is 78.0 Å². The molecule has 15 atom stereocenters. The number of nitrogens with two attached hydrogens (primary N) is 4. The minimum absolute atomic E-state index is 0.00746. The Balaban J connectivity index is 2.27. The van der Waals surface area contributed by atoms with Gasteiger partial charge in [-0.05, 0) is 76.0 Å². The minimum atomic E-state index is -2.80. The molecule has 1 fully saturated rings. The fraction of sp³-hybridized carbons (Fsp3) is 0.606. The van der Waals surface area contributed by atoms with Gasteiger partial charge in [0.25, 0.3) is 0 Å². The third-order valence-electron chi connectivity index (χ3n) is 18.3. The highest BCUT2D eigenvalue weighted by Crippen LogP contribution is 2.21. The molecular formula is C71H108N18O26. The molecule has 0 spiro atoms. The highest BCUT2D eigenvalue weighted by atomic mass is 16.5. The smallest absolute Gasteiger partial charge is 0.335 e. The Hall–Kier alpha value is -12.0. The number of carbonyl (C=O) groups excluding carboxylic acids is 17. The van der Waals surface area contributed by atoms with Crippen LogP contribution in [0.25, 0.3) is 10.9 Å². The number of primary amides is 3. The summed E-state index contributed by atoms with van der Waals surface area (Å²) in [5.41, 5.74) is 23.3. The molecule has 16 amide bonds. The average molecular weight is 1630 g/mol. The summed E-state index contributed by atoms with van der Waals surface area (Å²) in [6, 6.07) is -15.8. The quantitative estimate of drug-likeness (QED) is 0.0223. The van der Waals surface area contributed by atoms with Crippen LogP contribution in [0.2, 0.25) is 0 Å². The number of likely N-dealkylation sites (N-methyl/N-ethyl adjacent to an activating group) is 1. The fourth-order valence-electron chi connectivity index (χ4n) is 11.7. The molecule has 0 saturated carbocycles. The van der Waals surface area contributed by atoms with E-state index in [2.05, 4.69) is 72.0 Å². The topological polar surface area (TPSA) is 708 Å². The van der Waals surface area contributed by atoms with Crippen LogP contribution in [-0.2, 0) is 112 Å². The van der Waals surface area contributed by atoms with Crippen molar-refractivity contribution in [3.8, 4) is 0 Å². The van der Waals surface area contributed by atoms with Gasteiger partial charge in [-0.25, -0.2) is 9.59 Å². The van der Waals surface area contributed by atoms with Gasteiger partial charge in [0.2, 0.25) is 94.5 Å². The van der Waals surface area contributed by atoms with Crippen molar-refractivity contribution in [1.82, 2.24) is 73.7 Å². The summed E-state index contributed by atoms with van der Waals surface area (Å²) in [7, 11) is 1.70. The first-order valence-corrected chi connectivity index (χ1v) is 37.1. The van der Waals surface area contributed by atoms with E-state index < -0.39 is 254 Å². The molecule has 2 aromatic rings. The van der Waals surface area contributed by atoms with E-state index in [1.54, 1.807) is 30.5 Å². The Kier molecular flexibility index (Phi) is 40.7. The third kappa shape index (κ3) is 33.0. The van der Waals surface area contributed by atoms with E-state index in [4.69, 9.17) is 32.4 Å². The number of benzene rings is 1. The number of fused-ring (bicyclic) bond motifs is 1. The second kappa shape index (κ2) is 48.2. The van der Waals surface area contributed by atoms with E-state index in [0.29, 0.717) is 40.1 Å². The van der Waals surface area contributed by atoms with Crippen LogP contribution >= 0.6 is 0 Å². The lowest BCUT2D eigenvalue weighted by Gasteiger charge is -2.32. The van der Waals surface area contributed by atoms with Crippen molar-refractivity contribution in [2.45, 2.75) is 229 Å². The number of para-hydroxylation sites is 1. The molecular weight excluding hydrogens is 1520 g/mol. The van der Waals surface area contributed by atoms with Gasteiger partial charge in [-0.2, -0.15) is 0 Å². The fourth-order valence-corrected chi connectivity index (χ4v) is 11.7. The summed E-state index contributed by atoms with van der Waals surface area (Å²) in [6.45, 7) is 6.62. The summed E-state index contributed by atoms with van der Waals surface area (Å²) in [6.07, 6.45) is -7.34. The molecule has 638 valence electrons. The number of hydrogen-bond acceptors (Lipinski definition) is 24. The number of aliphatic carboxylic acids is 3. The van der Waals surface area contributed by atoms with Gasteiger partial charge in [0.15, 0.2) is 12.2 Å². The number of esters is 1. The van der Waals surface area contributed by atoms with Crippen LogP contribution in [0.15, 0.2) is 30.5 Å². The normalized spacial score (nSPS) is 21.9. The van der Waals surface area contributed by atoms with Crippen molar-refractivity contribution in [3.63, 3.8) is 0 Å². The number of aliphatic hydroxyl groups is 1. The molecule has 1 aromatic heterocycles. The van der Waals surface area contributed by atoms with Crippen molar-refractivity contribution >= 4 is 129 Å². The second-order valence-corrected chi connectivity index (χ2v) is 28.1. The van der Waals surface area contributed by atoms with E-state index in [0.717, 1.165) is 47.3 Å². The number of aliphatic hydroxyl groups excluding tert-OH is 1. The highest BCUT2D eigenvalue weighted by Gasteiger charge is 2.44. The van der Waals surface area contributed by atoms with Gasteiger partial charge >= 0.3 is 23.9 Å². The number of carboxylic acid groups (broad SMARTS) is 3. The summed E-state index contributed by atoms with van der Waals surface area (Å²) >= 11 is 0. The molecule has 15 unspecified atom stereocenters. The molecule has 2 heterocycles. The number of amides is 16. The maximum atomic E-state index is 15.0. The molecule has 44 heteroatoms. The van der Waals surface area contributed by atoms with Crippen LogP contribution < -0.4 is 86.7 Å². The van der Waals surface area contributed by atoms with Gasteiger partial charge in [-0.3, -0.25) is 86.3 Å². The number of rotatable bonds is 36. The minimum Gasteiger partial charge on any atom is -0.481 e. The molecule has 44 nitrogen and oxygen atoms in total. The van der Waals surface area contributed by atoms with Crippen molar-refractivity contribution in [3.05, 3.63) is 36.0 Å². The Labute approximate surface area is 660 Å². The van der Waals surface area contributed by atoms with Crippen molar-refractivity contribution in [1.29, 1.82) is 0 Å². The number of carboxylic acids is 3. The third-order valence-corrected chi connectivity index (χ3v) is 18.3. The lowest BCUT2D eigenvalue weighted by Crippen LogP contribution is -2.64. The van der Waals surface area contributed by atoms with E-state index in [-0.39, 0.29) is 45.1 Å². The van der Waals surface area contributed by atoms with E-state index in [9.17, 15) is 116 Å². The zero-order valence-electron chi connectivity index (χ0n) is 65.1. The van der Waals surface area contributed by atoms with Crippen LogP contribution in [0.4, 0.5) is 0 Å². The van der Waals surface area contributed by atoms with Crippen LogP contribution in [-0.4, -0.2) is 267 Å². The molecule has 25 N–H and O–H groups in total. The maximum Gasteiger partial charge on any atom is 0.335 e. The van der Waals surface area contributed by atoms with Gasteiger partial charge in [0, 0.05) is 50.5 Å². The number of carbonyl (C=O) groups is 20. The number of nitrogens with one attached hydrogen (secondary N) is 13. The van der Waals surface area contributed by atoms with Crippen LogP contribution in [0, 0.1) is 11.8 Å². The number of H-pyrrole nitrogens is 1. The zero-order chi connectivity index (χ0) is 86.7. The Morgan fingerprint density at radius 3 is 1.80 bits per heavy atom. The highest BCUT2D eigenvalue weighted by molar-refractivity contribution is 6.03. The molecule has 1 saturated heterocycles.